The van der Waals surface area contributed by atoms with E-state index in [1.54, 1.807) is 0 Å². The van der Waals surface area contributed by atoms with Gasteiger partial charge in [0.2, 0.25) is 0 Å². The number of hydrogen-bond acceptors (Lipinski definition) is 5. The van der Waals surface area contributed by atoms with Crippen LogP contribution in [0, 0.1) is 17.8 Å². The van der Waals surface area contributed by atoms with E-state index in [0.29, 0.717) is 5.92 Å². The monoisotopic (exact) mass is 268 g/mol. The molecule has 1 saturated carbocycles. The van der Waals surface area contributed by atoms with Gasteiger partial charge < -0.3 is 0 Å². The summed E-state index contributed by atoms with van der Waals surface area (Å²) in [4.78, 5) is 1.24. The molecular weight excluding hydrogens is 244 g/mol. The third kappa shape index (κ3) is 2.90. The van der Waals surface area contributed by atoms with E-state index >= 15 is 0 Å². The van der Waals surface area contributed by atoms with Crippen molar-refractivity contribution in [3.05, 3.63) is 10.6 Å². The maximum Gasteiger partial charge on any atom is 0.0801 e. The number of nitrogens with one attached hydrogen (secondary N) is 1. The molecule has 18 heavy (non-hydrogen) atoms. The van der Waals surface area contributed by atoms with Gasteiger partial charge in [0, 0.05) is 0 Å². The first kappa shape index (κ1) is 13.9. The molecule has 5 heteroatoms. The van der Waals surface area contributed by atoms with Crippen LogP contribution in [-0.4, -0.2) is 9.59 Å². The highest BCUT2D eigenvalue weighted by atomic mass is 32.1. The molecule has 0 aromatic carbocycles. The summed E-state index contributed by atoms with van der Waals surface area (Å²) in [5, 5.41) is 4.21. The normalized spacial score (nSPS) is 30.3. The average Bonchev–Trinajstić information content (AvgIpc) is 2.77. The first-order chi connectivity index (χ1) is 8.65. The SMILES string of the molecule is CCc1nnsc1C(NN)C1CC(C)CC(C)C1. The Morgan fingerprint density at radius 1 is 1.33 bits per heavy atom. The van der Waals surface area contributed by atoms with Crippen LogP contribution in [0.2, 0.25) is 0 Å². The Morgan fingerprint density at radius 2 is 2.00 bits per heavy atom. The van der Waals surface area contributed by atoms with Gasteiger partial charge in [0.05, 0.1) is 16.6 Å². The van der Waals surface area contributed by atoms with Crippen LogP contribution in [0.4, 0.5) is 0 Å². The zero-order valence-corrected chi connectivity index (χ0v) is 12.3. The molecule has 1 fully saturated rings. The van der Waals surface area contributed by atoms with Crippen LogP contribution in [0.15, 0.2) is 0 Å². The number of hydrazine groups is 1. The van der Waals surface area contributed by atoms with E-state index in [2.05, 4.69) is 35.8 Å². The summed E-state index contributed by atoms with van der Waals surface area (Å²) < 4.78 is 4.09. The maximum atomic E-state index is 5.81. The first-order valence-corrected chi connectivity index (χ1v) is 7.70. The zero-order chi connectivity index (χ0) is 13.1. The van der Waals surface area contributed by atoms with Crippen molar-refractivity contribution in [2.45, 2.75) is 52.5 Å². The molecule has 0 amide bonds. The van der Waals surface area contributed by atoms with E-state index in [1.807, 2.05) is 0 Å². The molecular formula is C13H24N4S. The van der Waals surface area contributed by atoms with E-state index in [-0.39, 0.29) is 6.04 Å². The summed E-state index contributed by atoms with van der Waals surface area (Å²) in [7, 11) is 0. The molecule has 1 aliphatic carbocycles. The Hall–Kier alpha value is -0.520. The number of rotatable bonds is 4. The quantitative estimate of drug-likeness (QED) is 0.651. The van der Waals surface area contributed by atoms with Crippen LogP contribution in [0.3, 0.4) is 0 Å². The lowest BCUT2D eigenvalue weighted by Gasteiger charge is -2.35. The lowest BCUT2D eigenvalue weighted by atomic mass is 9.73. The molecule has 4 nitrogen and oxygen atoms in total. The van der Waals surface area contributed by atoms with Gasteiger partial charge in [-0.05, 0) is 55.0 Å². The summed E-state index contributed by atoms with van der Waals surface area (Å²) in [5.74, 6) is 8.01. The van der Waals surface area contributed by atoms with E-state index in [1.165, 1.54) is 35.7 Å². The van der Waals surface area contributed by atoms with Crippen LogP contribution < -0.4 is 11.3 Å². The van der Waals surface area contributed by atoms with Gasteiger partial charge in [-0.15, -0.1) is 5.10 Å². The molecule has 3 N–H and O–H groups in total. The van der Waals surface area contributed by atoms with Gasteiger partial charge >= 0.3 is 0 Å². The Bertz CT molecular complexity index is 369. The fourth-order valence-electron chi connectivity index (χ4n) is 3.40. The third-order valence-electron chi connectivity index (χ3n) is 4.07. The number of aryl methyl sites for hydroxylation is 1. The van der Waals surface area contributed by atoms with Crippen molar-refractivity contribution in [2.24, 2.45) is 23.6 Å². The van der Waals surface area contributed by atoms with Gasteiger partial charge in [0.1, 0.15) is 0 Å². The summed E-state index contributed by atoms with van der Waals surface area (Å²) in [6, 6.07) is 0.227. The molecule has 0 aliphatic heterocycles. The molecule has 2 rings (SSSR count). The second kappa shape index (κ2) is 6.08. The van der Waals surface area contributed by atoms with Crippen LogP contribution >= 0.6 is 11.5 Å². The van der Waals surface area contributed by atoms with E-state index in [0.717, 1.165) is 24.0 Å². The van der Waals surface area contributed by atoms with E-state index in [4.69, 9.17) is 5.84 Å². The van der Waals surface area contributed by atoms with Crippen molar-refractivity contribution in [3.63, 3.8) is 0 Å². The predicted molar refractivity (Wildman–Crippen MR) is 75.0 cm³/mol. The van der Waals surface area contributed by atoms with Gasteiger partial charge in [0.15, 0.2) is 0 Å². The molecule has 3 unspecified atom stereocenters. The Kier molecular flexibility index (Phi) is 4.70. The molecule has 102 valence electrons. The fraction of sp³-hybridized carbons (Fsp3) is 0.846. The van der Waals surface area contributed by atoms with Crippen LogP contribution in [0.25, 0.3) is 0 Å². The number of aromatic nitrogens is 2. The van der Waals surface area contributed by atoms with Crippen molar-refractivity contribution in [3.8, 4) is 0 Å². The van der Waals surface area contributed by atoms with Crippen molar-refractivity contribution in [1.29, 1.82) is 0 Å². The zero-order valence-electron chi connectivity index (χ0n) is 11.5. The molecule has 0 bridgehead atoms. The standard InChI is InChI=1S/C13H24N4S/c1-4-11-13(18-17-16-11)12(15-14)10-6-8(2)5-9(3)7-10/h8-10,12,15H,4-7,14H2,1-3H3. The van der Waals surface area contributed by atoms with E-state index < -0.39 is 0 Å². The maximum absolute atomic E-state index is 5.81. The van der Waals surface area contributed by atoms with Crippen LogP contribution in [0.5, 0.6) is 0 Å². The molecule has 0 saturated heterocycles. The van der Waals surface area contributed by atoms with Crippen molar-refractivity contribution < 1.29 is 0 Å². The van der Waals surface area contributed by atoms with E-state index in [9.17, 15) is 0 Å². The minimum absolute atomic E-state index is 0.227. The highest BCUT2D eigenvalue weighted by molar-refractivity contribution is 7.05. The highest BCUT2D eigenvalue weighted by Gasteiger charge is 2.32. The summed E-state index contributed by atoms with van der Waals surface area (Å²) >= 11 is 1.50. The second-order valence-electron chi connectivity index (χ2n) is 5.76. The van der Waals surface area contributed by atoms with Crippen LogP contribution in [0.1, 0.15) is 56.6 Å². The number of nitrogens with two attached hydrogens (primary N) is 1. The second-order valence-corrected chi connectivity index (χ2v) is 6.55. The Balaban J connectivity index is 2.17. The average molecular weight is 268 g/mol. The first-order valence-electron chi connectivity index (χ1n) is 6.92. The van der Waals surface area contributed by atoms with Gasteiger partial charge in [-0.2, -0.15) is 0 Å². The molecule has 1 aromatic heterocycles. The predicted octanol–water partition coefficient (Wildman–Crippen LogP) is 2.68. The Morgan fingerprint density at radius 3 is 2.56 bits per heavy atom. The third-order valence-corrected chi connectivity index (χ3v) is 4.92. The topological polar surface area (TPSA) is 63.8 Å². The molecule has 3 atom stereocenters. The van der Waals surface area contributed by atoms with Gasteiger partial charge in [-0.3, -0.25) is 11.3 Å². The lowest BCUT2D eigenvalue weighted by Crippen LogP contribution is -2.37. The largest absolute Gasteiger partial charge is 0.271 e. The van der Waals surface area contributed by atoms with Gasteiger partial charge in [-0.25, -0.2) is 0 Å². The summed E-state index contributed by atoms with van der Waals surface area (Å²) in [6.45, 7) is 6.82. The van der Waals surface area contributed by atoms with Crippen molar-refractivity contribution >= 4 is 11.5 Å². The number of nitrogens with zero attached hydrogens (tertiary/aromatic N) is 2. The van der Waals surface area contributed by atoms with Gasteiger partial charge in [-0.1, -0.05) is 25.3 Å². The molecule has 0 radical (unpaired) electrons. The Labute approximate surface area is 113 Å². The van der Waals surface area contributed by atoms with Crippen molar-refractivity contribution in [2.75, 3.05) is 0 Å². The van der Waals surface area contributed by atoms with Gasteiger partial charge in [0.25, 0.3) is 0 Å². The fourth-order valence-corrected chi connectivity index (χ4v) is 4.30. The molecule has 0 spiro atoms. The number of hydrogen-bond donors (Lipinski definition) is 2. The molecule has 1 heterocycles. The van der Waals surface area contributed by atoms with Crippen molar-refractivity contribution in [1.82, 2.24) is 15.0 Å². The van der Waals surface area contributed by atoms with Crippen LogP contribution in [-0.2, 0) is 6.42 Å². The summed E-state index contributed by atoms with van der Waals surface area (Å²) in [5.41, 5.74) is 4.13. The lowest BCUT2D eigenvalue weighted by molar-refractivity contribution is 0.178. The minimum Gasteiger partial charge on any atom is -0.271 e. The summed E-state index contributed by atoms with van der Waals surface area (Å²) in [6.07, 6.45) is 4.78. The molecule has 1 aromatic rings. The highest BCUT2D eigenvalue weighted by Crippen LogP contribution is 2.40. The molecule has 1 aliphatic rings. The minimum atomic E-state index is 0.227. The smallest absolute Gasteiger partial charge is 0.0801 e.